The van der Waals surface area contributed by atoms with Crippen molar-refractivity contribution in [3.63, 3.8) is 0 Å². The molecule has 1 aliphatic carbocycles. The lowest BCUT2D eigenvalue weighted by molar-refractivity contribution is -0.138. The van der Waals surface area contributed by atoms with Crippen molar-refractivity contribution in [1.29, 1.82) is 5.41 Å². The van der Waals surface area contributed by atoms with E-state index in [1.807, 2.05) is 0 Å². The fourth-order valence-electron chi connectivity index (χ4n) is 1.25. The molecule has 0 saturated heterocycles. The summed E-state index contributed by atoms with van der Waals surface area (Å²) < 4.78 is 0. The summed E-state index contributed by atoms with van der Waals surface area (Å²) >= 11 is 0. The van der Waals surface area contributed by atoms with Gasteiger partial charge in [0.25, 0.3) is 0 Å². The van der Waals surface area contributed by atoms with Gasteiger partial charge in [0.15, 0.2) is 0 Å². The molecular weight excluding hydrogens is 182 g/mol. The molecule has 80 valence electrons. The van der Waals surface area contributed by atoms with Crippen molar-refractivity contribution in [3.05, 3.63) is 0 Å². The Morgan fingerprint density at radius 2 is 2.43 bits per heavy atom. The predicted molar refractivity (Wildman–Crippen MR) is 53.5 cm³/mol. The predicted octanol–water partition coefficient (Wildman–Crippen LogP) is -0.192. The molecule has 0 heterocycles. The molecule has 0 aromatic rings. The number of hydrogen-bond acceptors (Lipinski definition) is 4. The number of hydrogen-bond donors (Lipinski definition) is 4. The first-order chi connectivity index (χ1) is 6.61. The van der Waals surface area contributed by atoms with Crippen LogP contribution >= 0.6 is 0 Å². The molecule has 1 saturated carbocycles. The molecule has 0 amide bonds. The number of nitrogens with one attached hydrogen (secondary N) is 2. The Balaban J connectivity index is 1.89. The van der Waals surface area contributed by atoms with Crippen molar-refractivity contribution in [2.75, 3.05) is 13.1 Å². The van der Waals surface area contributed by atoms with Crippen molar-refractivity contribution >= 4 is 11.7 Å². The second-order valence-corrected chi connectivity index (χ2v) is 3.72. The van der Waals surface area contributed by atoms with Gasteiger partial charge in [-0.2, -0.15) is 0 Å². The summed E-state index contributed by atoms with van der Waals surface area (Å²) in [7, 11) is 0. The van der Waals surface area contributed by atoms with E-state index in [-0.39, 0.29) is 0 Å². The number of carboxylic acid groups (broad SMARTS) is 1. The Labute approximate surface area is 83.2 Å². The van der Waals surface area contributed by atoms with Crippen LogP contribution in [0.25, 0.3) is 0 Å². The number of carbonyl (C=O) groups is 1. The van der Waals surface area contributed by atoms with Crippen LogP contribution < -0.4 is 11.1 Å². The molecule has 1 rings (SSSR count). The van der Waals surface area contributed by atoms with Gasteiger partial charge in [-0.1, -0.05) is 0 Å². The second kappa shape index (κ2) is 5.07. The molecule has 2 atom stereocenters. The number of rotatable bonds is 7. The fourth-order valence-corrected chi connectivity index (χ4v) is 1.25. The van der Waals surface area contributed by atoms with Gasteiger partial charge >= 0.3 is 5.97 Å². The summed E-state index contributed by atoms with van der Waals surface area (Å²) in [6.07, 6.45) is 2.19. The molecule has 0 radical (unpaired) electrons. The third kappa shape index (κ3) is 3.85. The summed E-state index contributed by atoms with van der Waals surface area (Å²) in [5.41, 5.74) is 6.15. The maximum Gasteiger partial charge on any atom is 0.320 e. The number of nitrogens with two attached hydrogens (primary N) is 1. The number of carboxylic acids is 1. The largest absolute Gasteiger partial charge is 0.480 e. The van der Waals surface area contributed by atoms with Gasteiger partial charge < -0.3 is 21.6 Å². The molecule has 0 aromatic heterocycles. The van der Waals surface area contributed by atoms with E-state index >= 15 is 0 Å². The van der Waals surface area contributed by atoms with E-state index in [9.17, 15) is 4.79 Å². The second-order valence-electron chi connectivity index (χ2n) is 3.72. The normalized spacial score (nSPS) is 22.1. The van der Waals surface area contributed by atoms with E-state index in [1.54, 1.807) is 0 Å². The van der Waals surface area contributed by atoms with Gasteiger partial charge in [0.1, 0.15) is 6.04 Å². The molecule has 14 heavy (non-hydrogen) atoms. The smallest absolute Gasteiger partial charge is 0.320 e. The average molecular weight is 199 g/mol. The molecule has 0 aliphatic heterocycles. The molecule has 0 spiro atoms. The minimum absolute atomic E-state index is 0.433. The maximum absolute atomic E-state index is 10.4. The Hall–Kier alpha value is -0.940. The molecular formula is C9H17N3O2. The molecule has 0 aromatic carbocycles. The van der Waals surface area contributed by atoms with Crippen molar-refractivity contribution in [3.8, 4) is 0 Å². The minimum atomic E-state index is -0.936. The third-order valence-electron chi connectivity index (χ3n) is 2.38. The van der Waals surface area contributed by atoms with Gasteiger partial charge in [0.2, 0.25) is 0 Å². The molecule has 1 fully saturated rings. The quantitative estimate of drug-likeness (QED) is 0.427. The summed E-state index contributed by atoms with van der Waals surface area (Å²) in [4.78, 5) is 10.4. The van der Waals surface area contributed by atoms with Crippen LogP contribution in [0.4, 0.5) is 0 Å². The van der Waals surface area contributed by atoms with E-state index in [1.165, 1.54) is 0 Å². The van der Waals surface area contributed by atoms with Gasteiger partial charge in [0, 0.05) is 18.2 Å². The molecule has 5 heteroatoms. The summed E-state index contributed by atoms with van der Waals surface area (Å²) in [5, 5.41) is 18.9. The zero-order chi connectivity index (χ0) is 10.6. The van der Waals surface area contributed by atoms with Crippen LogP contribution in [0.2, 0.25) is 0 Å². The molecule has 5 N–H and O–H groups in total. The van der Waals surface area contributed by atoms with E-state index in [4.69, 9.17) is 16.2 Å². The molecule has 5 nitrogen and oxygen atoms in total. The Morgan fingerprint density at radius 3 is 2.93 bits per heavy atom. The van der Waals surface area contributed by atoms with Crippen LogP contribution in [0, 0.1) is 11.3 Å². The highest BCUT2D eigenvalue weighted by Gasteiger charge is 2.28. The van der Waals surface area contributed by atoms with Gasteiger partial charge in [0.05, 0.1) is 0 Å². The van der Waals surface area contributed by atoms with E-state index in [0.29, 0.717) is 12.3 Å². The molecule has 1 aliphatic rings. The highest BCUT2D eigenvalue weighted by atomic mass is 16.4. The zero-order valence-electron chi connectivity index (χ0n) is 8.12. The highest BCUT2D eigenvalue weighted by molar-refractivity contribution is 5.98. The van der Waals surface area contributed by atoms with Crippen LogP contribution in [-0.4, -0.2) is 35.9 Å². The number of aliphatic carboxylic acids is 1. The van der Waals surface area contributed by atoms with Gasteiger partial charge in [-0.3, -0.25) is 4.79 Å². The van der Waals surface area contributed by atoms with Gasteiger partial charge in [-0.15, -0.1) is 0 Å². The first-order valence-electron chi connectivity index (χ1n) is 4.87. The summed E-state index contributed by atoms with van der Waals surface area (Å²) in [6, 6.07) is -0.740. The minimum Gasteiger partial charge on any atom is -0.480 e. The summed E-state index contributed by atoms with van der Waals surface area (Å²) in [5.74, 6) is -0.503. The fraction of sp³-hybridized carbons (Fsp3) is 0.778. The van der Waals surface area contributed by atoms with Crippen LogP contribution in [0.1, 0.15) is 19.3 Å². The first kappa shape index (κ1) is 11.1. The van der Waals surface area contributed by atoms with Crippen LogP contribution in [0.5, 0.6) is 0 Å². The van der Waals surface area contributed by atoms with Crippen molar-refractivity contribution < 1.29 is 9.90 Å². The topological polar surface area (TPSA) is 99.2 Å². The first-order valence-corrected chi connectivity index (χ1v) is 4.87. The molecule has 1 unspecified atom stereocenters. The van der Waals surface area contributed by atoms with Crippen molar-refractivity contribution in [1.82, 2.24) is 5.32 Å². The van der Waals surface area contributed by atoms with Crippen LogP contribution in [-0.2, 0) is 4.79 Å². The Bertz CT molecular complexity index is 230. The van der Waals surface area contributed by atoms with Gasteiger partial charge in [-0.25, -0.2) is 0 Å². The monoisotopic (exact) mass is 199 g/mol. The van der Waals surface area contributed by atoms with Crippen molar-refractivity contribution in [2.24, 2.45) is 11.7 Å². The Kier molecular flexibility index (Phi) is 4.03. The van der Waals surface area contributed by atoms with Gasteiger partial charge in [-0.05, 0) is 25.8 Å². The van der Waals surface area contributed by atoms with Crippen molar-refractivity contribution in [2.45, 2.75) is 25.3 Å². The lowest BCUT2D eigenvalue weighted by atomic mass is 10.2. The lowest BCUT2D eigenvalue weighted by Gasteiger charge is -2.06. The lowest BCUT2D eigenvalue weighted by Crippen LogP contribution is -2.31. The molecule has 0 bridgehead atoms. The van der Waals surface area contributed by atoms with E-state index in [2.05, 4.69) is 5.32 Å². The Morgan fingerprint density at radius 1 is 1.79 bits per heavy atom. The highest BCUT2D eigenvalue weighted by Crippen LogP contribution is 2.22. The third-order valence-corrected chi connectivity index (χ3v) is 2.38. The maximum atomic E-state index is 10.4. The zero-order valence-corrected chi connectivity index (χ0v) is 8.12. The van der Waals surface area contributed by atoms with Crippen LogP contribution in [0.15, 0.2) is 0 Å². The summed E-state index contributed by atoms with van der Waals surface area (Å²) in [6.45, 7) is 1.63. The standard InChI is InChI=1S/C9H17N3O2/c10-7(9(13)14)2-1-3-12-5-6-4-8(6)11/h6-7,11-12H,1-5,10H2,(H,13,14)/t6?,7-/m0/s1. The SMILES string of the molecule is N=C1CC1CNCCC[C@H](N)C(=O)O. The van der Waals surface area contributed by atoms with Crippen LogP contribution in [0.3, 0.4) is 0 Å². The van der Waals surface area contributed by atoms with E-state index in [0.717, 1.165) is 31.6 Å². The van der Waals surface area contributed by atoms with E-state index < -0.39 is 12.0 Å². The average Bonchev–Trinajstić information content (AvgIpc) is 2.81.